The lowest BCUT2D eigenvalue weighted by molar-refractivity contribution is 0.262. The average molecular weight is 428 g/mol. The van der Waals surface area contributed by atoms with E-state index in [9.17, 15) is 13.2 Å². The summed E-state index contributed by atoms with van der Waals surface area (Å²) in [6, 6.07) is 9.04. The second-order valence-electron chi connectivity index (χ2n) is 6.15. The van der Waals surface area contributed by atoms with Crippen LogP contribution in [0.3, 0.4) is 0 Å². The number of carbonyl (C=O) groups excluding carboxylic acids is 1. The van der Waals surface area contributed by atoms with Gasteiger partial charge in [0.25, 0.3) is 10.0 Å². The molecule has 2 heterocycles. The lowest BCUT2D eigenvalue weighted by Crippen LogP contribution is -2.24. The highest BCUT2D eigenvalue weighted by Gasteiger charge is 2.15. The van der Waals surface area contributed by atoms with Gasteiger partial charge >= 0.3 is 6.03 Å². The largest absolute Gasteiger partial charge is 0.495 e. The fourth-order valence-electron chi connectivity index (χ4n) is 2.43. The summed E-state index contributed by atoms with van der Waals surface area (Å²) in [7, 11) is -2.29. The molecular formula is C19H20N6O4S. The molecule has 3 N–H and O–H groups in total. The van der Waals surface area contributed by atoms with Crippen LogP contribution in [0.2, 0.25) is 0 Å². The first-order valence-corrected chi connectivity index (χ1v) is 10.3. The second-order valence-corrected chi connectivity index (χ2v) is 7.86. The molecule has 0 aliphatic heterocycles. The van der Waals surface area contributed by atoms with Crippen molar-refractivity contribution in [2.75, 3.05) is 17.7 Å². The predicted molar refractivity (Wildman–Crippen MR) is 111 cm³/mol. The van der Waals surface area contributed by atoms with Gasteiger partial charge in [-0.2, -0.15) is 0 Å². The Bertz CT molecular complexity index is 1120. The second kappa shape index (κ2) is 9.29. The lowest BCUT2D eigenvalue weighted by atomic mass is 10.2. The molecule has 0 saturated heterocycles. The zero-order valence-corrected chi connectivity index (χ0v) is 17.1. The van der Waals surface area contributed by atoms with Crippen LogP contribution in [0.4, 0.5) is 16.3 Å². The fourth-order valence-corrected chi connectivity index (χ4v) is 3.40. The Balaban J connectivity index is 1.65. The number of hydrogen-bond donors (Lipinski definition) is 3. The molecule has 0 atom stereocenters. The Morgan fingerprint density at radius 3 is 2.57 bits per heavy atom. The number of aryl methyl sites for hydroxylation is 1. The maximum Gasteiger partial charge on any atom is 0.324 e. The van der Waals surface area contributed by atoms with Crippen molar-refractivity contribution in [3.63, 3.8) is 0 Å². The van der Waals surface area contributed by atoms with Gasteiger partial charge in [-0.15, -0.1) is 0 Å². The summed E-state index contributed by atoms with van der Waals surface area (Å²) >= 11 is 0. The molecule has 30 heavy (non-hydrogen) atoms. The van der Waals surface area contributed by atoms with Crippen molar-refractivity contribution in [2.24, 2.45) is 0 Å². The van der Waals surface area contributed by atoms with E-state index in [0.29, 0.717) is 22.8 Å². The van der Waals surface area contributed by atoms with E-state index in [1.165, 1.54) is 31.8 Å². The first kappa shape index (κ1) is 21.1. The number of carbonyl (C=O) groups is 1. The molecule has 2 amide bonds. The van der Waals surface area contributed by atoms with E-state index in [4.69, 9.17) is 4.74 Å². The maximum absolute atomic E-state index is 12.3. The number of nitrogens with one attached hydrogen (secondary N) is 3. The minimum atomic E-state index is -3.74. The molecular weight excluding hydrogens is 408 g/mol. The highest BCUT2D eigenvalue weighted by molar-refractivity contribution is 7.89. The van der Waals surface area contributed by atoms with Crippen LogP contribution in [0.15, 0.2) is 60.0 Å². The third-order valence-corrected chi connectivity index (χ3v) is 5.23. The first-order chi connectivity index (χ1) is 14.4. The number of ether oxygens (including phenoxy) is 1. The van der Waals surface area contributed by atoms with E-state index in [1.807, 2.05) is 0 Å². The quantitative estimate of drug-likeness (QED) is 0.525. The number of sulfonamides is 1. The first-order valence-electron chi connectivity index (χ1n) is 8.81. The van der Waals surface area contributed by atoms with Gasteiger partial charge in [0.2, 0.25) is 0 Å². The van der Waals surface area contributed by atoms with Crippen molar-refractivity contribution in [3.8, 4) is 5.75 Å². The SMILES string of the molecule is COc1cc(CNS(=O)(=O)c2ccccn2)ccc1NC(=O)Nc1cnc(C)cn1. The number of nitrogens with zero attached hydrogens (tertiary/aromatic N) is 3. The number of rotatable bonds is 7. The molecule has 0 aliphatic rings. The van der Waals surface area contributed by atoms with E-state index >= 15 is 0 Å². The molecule has 3 aromatic rings. The molecule has 0 aliphatic carbocycles. The fraction of sp³-hybridized carbons (Fsp3) is 0.158. The molecule has 0 bridgehead atoms. The number of methoxy groups -OCH3 is 1. The zero-order chi connectivity index (χ0) is 21.6. The average Bonchev–Trinajstić information content (AvgIpc) is 2.75. The van der Waals surface area contributed by atoms with Crippen LogP contribution in [-0.2, 0) is 16.6 Å². The van der Waals surface area contributed by atoms with Crippen LogP contribution in [0, 0.1) is 6.92 Å². The van der Waals surface area contributed by atoms with Gasteiger partial charge < -0.3 is 10.1 Å². The zero-order valence-electron chi connectivity index (χ0n) is 16.3. The summed E-state index contributed by atoms with van der Waals surface area (Å²) in [6.45, 7) is 1.82. The van der Waals surface area contributed by atoms with Crippen molar-refractivity contribution in [3.05, 3.63) is 66.2 Å². The molecule has 3 rings (SSSR count). The monoisotopic (exact) mass is 428 g/mol. The summed E-state index contributed by atoms with van der Waals surface area (Å²) in [5, 5.41) is 5.16. The molecule has 1 aromatic carbocycles. The van der Waals surface area contributed by atoms with Gasteiger partial charge in [0.1, 0.15) is 5.75 Å². The van der Waals surface area contributed by atoms with Crippen molar-refractivity contribution in [2.45, 2.75) is 18.5 Å². The molecule has 0 saturated carbocycles. The van der Waals surface area contributed by atoms with Gasteiger partial charge in [0.05, 0.1) is 30.9 Å². The lowest BCUT2D eigenvalue weighted by Gasteiger charge is -2.13. The van der Waals surface area contributed by atoms with Crippen molar-refractivity contribution in [1.82, 2.24) is 19.7 Å². The number of anilines is 2. The Labute approximate surface area is 173 Å². The number of amides is 2. The Kier molecular flexibility index (Phi) is 6.54. The van der Waals surface area contributed by atoms with E-state index in [-0.39, 0.29) is 11.6 Å². The van der Waals surface area contributed by atoms with Crippen molar-refractivity contribution < 1.29 is 17.9 Å². The number of benzene rings is 1. The van der Waals surface area contributed by atoms with Gasteiger partial charge in [-0.1, -0.05) is 12.1 Å². The summed E-state index contributed by atoms with van der Waals surface area (Å²) in [5.41, 5.74) is 1.78. The van der Waals surface area contributed by atoms with Gasteiger partial charge in [-0.05, 0) is 36.8 Å². The maximum atomic E-state index is 12.3. The third kappa shape index (κ3) is 5.49. The smallest absolute Gasteiger partial charge is 0.324 e. The molecule has 0 unspecified atom stereocenters. The summed E-state index contributed by atoms with van der Waals surface area (Å²) < 4.78 is 32.4. The topological polar surface area (TPSA) is 135 Å². The number of hydrogen-bond acceptors (Lipinski definition) is 7. The molecule has 11 heteroatoms. The van der Waals surface area contributed by atoms with E-state index in [1.54, 1.807) is 37.3 Å². The van der Waals surface area contributed by atoms with Crippen LogP contribution in [-0.4, -0.2) is 36.5 Å². The summed E-state index contributed by atoms with van der Waals surface area (Å²) in [4.78, 5) is 24.1. The van der Waals surface area contributed by atoms with Gasteiger partial charge in [0, 0.05) is 12.7 Å². The van der Waals surface area contributed by atoms with E-state index < -0.39 is 16.1 Å². The Morgan fingerprint density at radius 1 is 1.07 bits per heavy atom. The number of urea groups is 1. The van der Waals surface area contributed by atoms with Crippen molar-refractivity contribution in [1.29, 1.82) is 0 Å². The van der Waals surface area contributed by atoms with Crippen molar-refractivity contribution >= 4 is 27.6 Å². The third-order valence-electron chi connectivity index (χ3n) is 3.92. The highest BCUT2D eigenvalue weighted by atomic mass is 32.2. The standard InChI is InChI=1S/C19H20N6O4S/c1-13-10-22-17(12-21-13)25-19(26)24-15-7-6-14(9-16(15)29-2)11-23-30(27,28)18-5-3-4-8-20-18/h3-10,12,23H,11H2,1-2H3,(H2,22,24,25,26). The Morgan fingerprint density at radius 2 is 1.90 bits per heavy atom. The van der Waals surface area contributed by atoms with Crippen LogP contribution >= 0.6 is 0 Å². The molecule has 0 spiro atoms. The predicted octanol–water partition coefficient (Wildman–Crippen LogP) is 2.31. The normalized spacial score (nSPS) is 11.0. The molecule has 0 fully saturated rings. The van der Waals surface area contributed by atoms with E-state index in [0.717, 1.165) is 5.69 Å². The van der Waals surface area contributed by atoms with Crippen LogP contribution < -0.4 is 20.1 Å². The highest BCUT2D eigenvalue weighted by Crippen LogP contribution is 2.26. The van der Waals surface area contributed by atoms with Gasteiger partial charge in [0.15, 0.2) is 10.8 Å². The van der Waals surface area contributed by atoms with Crippen LogP contribution in [0.5, 0.6) is 5.75 Å². The summed E-state index contributed by atoms with van der Waals surface area (Å²) in [6.07, 6.45) is 4.39. The minimum absolute atomic E-state index is 0.0285. The number of aromatic nitrogens is 3. The molecule has 2 aromatic heterocycles. The van der Waals surface area contributed by atoms with Crippen LogP contribution in [0.25, 0.3) is 0 Å². The Hall–Kier alpha value is -3.57. The van der Waals surface area contributed by atoms with E-state index in [2.05, 4.69) is 30.3 Å². The number of pyridine rings is 1. The summed E-state index contributed by atoms with van der Waals surface area (Å²) in [5.74, 6) is 0.673. The van der Waals surface area contributed by atoms with Gasteiger partial charge in [-0.3, -0.25) is 10.3 Å². The molecule has 156 valence electrons. The van der Waals surface area contributed by atoms with Crippen LogP contribution in [0.1, 0.15) is 11.3 Å². The molecule has 0 radical (unpaired) electrons. The minimum Gasteiger partial charge on any atom is -0.495 e. The van der Waals surface area contributed by atoms with Gasteiger partial charge in [-0.25, -0.2) is 27.9 Å². The molecule has 10 nitrogen and oxygen atoms in total.